The summed E-state index contributed by atoms with van der Waals surface area (Å²) in [5, 5.41) is 3.29. The van der Waals surface area contributed by atoms with Crippen LogP contribution in [0.25, 0.3) is 0 Å². The quantitative estimate of drug-likeness (QED) is 0.874. The third-order valence-electron chi connectivity index (χ3n) is 5.91. The Labute approximate surface area is 149 Å². The molecule has 0 aliphatic carbocycles. The van der Waals surface area contributed by atoms with Gasteiger partial charge in [0.05, 0.1) is 38.1 Å². The lowest BCUT2D eigenvalue weighted by atomic mass is 9.95. The van der Waals surface area contributed by atoms with Gasteiger partial charge in [-0.15, -0.1) is 0 Å². The molecular formula is C19H29N3O3. The molecule has 3 saturated heterocycles. The summed E-state index contributed by atoms with van der Waals surface area (Å²) >= 11 is 0. The van der Waals surface area contributed by atoms with Crippen molar-refractivity contribution in [1.29, 1.82) is 0 Å². The molecule has 0 spiro atoms. The first-order chi connectivity index (χ1) is 12.3. The lowest BCUT2D eigenvalue weighted by molar-refractivity contribution is -0.127. The van der Waals surface area contributed by atoms with E-state index in [0.29, 0.717) is 12.6 Å². The van der Waals surface area contributed by atoms with Gasteiger partial charge in [0.15, 0.2) is 0 Å². The molecule has 1 aromatic heterocycles. The molecule has 6 nitrogen and oxygen atoms in total. The summed E-state index contributed by atoms with van der Waals surface area (Å²) in [6, 6.07) is 4.46. The normalized spacial score (nSPS) is 29.3. The minimum atomic E-state index is 0.132. The Morgan fingerprint density at radius 2 is 1.96 bits per heavy atom. The number of piperidine rings is 1. The van der Waals surface area contributed by atoms with Crippen LogP contribution in [0.5, 0.6) is 0 Å². The van der Waals surface area contributed by atoms with Crippen LogP contribution < -0.4 is 5.32 Å². The number of carbonyl (C=O) groups excluding carboxylic acids is 1. The van der Waals surface area contributed by atoms with Crippen LogP contribution in [0.3, 0.4) is 0 Å². The zero-order valence-electron chi connectivity index (χ0n) is 14.9. The molecule has 1 amide bonds. The number of nitrogens with one attached hydrogen (secondary N) is 1. The van der Waals surface area contributed by atoms with E-state index >= 15 is 0 Å². The number of furan rings is 1. The number of carbonyl (C=O) groups is 1. The summed E-state index contributed by atoms with van der Waals surface area (Å²) < 4.78 is 11.1. The second-order valence-corrected chi connectivity index (χ2v) is 7.59. The Bertz CT molecular complexity index is 548. The molecule has 0 unspecified atom stereocenters. The van der Waals surface area contributed by atoms with Gasteiger partial charge in [-0.05, 0) is 64.0 Å². The SMILES string of the molecule is O=C(N[C@@H]1COC[C@H]1N1CCCC1)C1CCN(Cc2ccco2)CC1. The van der Waals surface area contributed by atoms with Gasteiger partial charge >= 0.3 is 0 Å². The highest BCUT2D eigenvalue weighted by molar-refractivity contribution is 5.79. The Hall–Kier alpha value is -1.37. The molecule has 3 aliphatic heterocycles. The van der Waals surface area contributed by atoms with Crippen molar-refractivity contribution >= 4 is 5.91 Å². The minimum absolute atomic E-state index is 0.132. The highest BCUT2D eigenvalue weighted by Crippen LogP contribution is 2.22. The van der Waals surface area contributed by atoms with E-state index in [1.54, 1.807) is 6.26 Å². The number of amides is 1. The van der Waals surface area contributed by atoms with E-state index in [1.807, 2.05) is 12.1 Å². The summed E-state index contributed by atoms with van der Waals surface area (Å²) in [7, 11) is 0. The Morgan fingerprint density at radius 3 is 2.68 bits per heavy atom. The average Bonchev–Trinajstić information content (AvgIpc) is 3.38. The number of hydrogen-bond donors (Lipinski definition) is 1. The van der Waals surface area contributed by atoms with Crippen molar-refractivity contribution in [3.8, 4) is 0 Å². The fourth-order valence-corrected chi connectivity index (χ4v) is 4.39. The fourth-order valence-electron chi connectivity index (χ4n) is 4.39. The predicted octanol–water partition coefficient (Wildman–Crippen LogP) is 1.47. The predicted molar refractivity (Wildman–Crippen MR) is 94.1 cm³/mol. The molecule has 1 aromatic rings. The fraction of sp³-hybridized carbons (Fsp3) is 0.737. The van der Waals surface area contributed by atoms with E-state index in [-0.39, 0.29) is 17.9 Å². The zero-order valence-corrected chi connectivity index (χ0v) is 14.9. The van der Waals surface area contributed by atoms with Crippen molar-refractivity contribution < 1.29 is 13.9 Å². The van der Waals surface area contributed by atoms with Crippen LogP contribution in [-0.4, -0.2) is 67.2 Å². The van der Waals surface area contributed by atoms with Crippen molar-refractivity contribution in [1.82, 2.24) is 15.1 Å². The molecule has 4 heterocycles. The van der Waals surface area contributed by atoms with E-state index in [9.17, 15) is 4.79 Å². The molecule has 1 N–H and O–H groups in total. The van der Waals surface area contributed by atoms with Crippen LogP contribution in [0.2, 0.25) is 0 Å². The summed E-state index contributed by atoms with van der Waals surface area (Å²) in [5.74, 6) is 1.35. The maximum atomic E-state index is 12.7. The molecule has 0 radical (unpaired) electrons. The minimum Gasteiger partial charge on any atom is -0.468 e. The number of ether oxygens (including phenoxy) is 1. The Kier molecular flexibility index (Phi) is 5.39. The van der Waals surface area contributed by atoms with Crippen molar-refractivity contribution in [2.24, 2.45) is 5.92 Å². The maximum absolute atomic E-state index is 12.7. The first-order valence-corrected chi connectivity index (χ1v) is 9.66. The molecule has 0 aromatic carbocycles. The van der Waals surface area contributed by atoms with Crippen LogP contribution in [0.4, 0.5) is 0 Å². The lowest BCUT2D eigenvalue weighted by Gasteiger charge is -2.33. The maximum Gasteiger partial charge on any atom is 0.223 e. The topological polar surface area (TPSA) is 58.0 Å². The van der Waals surface area contributed by atoms with Gasteiger partial charge in [0.2, 0.25) is 5.91 Å². The van der Waals surface area contributed by atoms with Crippen LogP contribution in [-0.2, 0) is 16.1 Å². The average molecular weight is 347 g/mol. The van der Waals surface area contributed by atoms with Crippen LogP contribution in [0, 0.1) is 5.92 Å². The molecule has 0 bridgehead atoms. The third kappa shape index (κ3) is 4.07. The molecule has 3 fully saturated rings. The van der Waals surface area contributed by atoms with E-state index in [1.165, 1.54) is 12.8 Å². The Morgan fingerprint density at radius 1 is 1.16 bits per heavy atom. The second-order valence-electron chi connectivity index (χ2n) is 7.59. The van der Waals surface area contributed by atoms with Crippen LogP contribution >= 0.6 is 0 Å². The third-order valence-corrected chi connectivity index (χ3v) is 5.91. The summed E-state index contributed by atoms with van der Waals surface area (Å²) in [6.45, 7) is 6.45. The van der Waals surface area contributed by atoms with Crippen molar-refractivity contribution in [3.63, 3.8) is 0 Å². The second kappa shape index (κ2) is 7.89. The number of nitrogens with zero attached hydrogens (tertiary/aromatic N) is 2. The smallest absolute Gasteiger partial charge is 0.223 e. The first-order valence-electron chi connectivity index (χ1n) is 9.66. The molecule has 3 aliphatic rings. The van der Waals surface area contributed by atoms with E-state index in [2.05, 4.69) is 15.1 Å². The highest BCUT2D eigenvalue weighted by Gasteiger charge is 2.36. The molecule has 6 heteroatoms. The number of hydrogen-bond acceptors (Lipinski definition) is 5. The van der Waals surface area contributed by atoms with Crippen molar-refractivity contribution in [2.75, 3.05) is 39.4 Å². The molecule has 0 saturated carbocycles. The van der Waals surface area contributed by atoms with Crippen molar-refractivity contribution in [3.05, 3.63) is 24.2 Å². The standard InChI is InChI=1S/C19H29N3O3/c23-19(20-17-13-24-14-18(17)22-7-1-2-8-22)15-5-9-21(10-6-15)12-16-4-3-11-25-16/h3-4,11,15,17-18H,1-2,5-10,12-14H2,(H,20,23)/t17-,18-/m1/s1. The van der Waals surface area contributed by atoms with Gasteiger partial charge < -0.3 is 14.5 Å². The monoisotopic (exact) mass is 347 g/mol. The molecular weight excluding hydrogens is 318 g/mol. The van der Waals surface area contributed by atoms with Gasteiger partial charge in [0.1, 0.15) is 5.76 Å². The van der Waals surface area contributed by atoms with E-state index < -0.39 is 0 Å². The summed E-state index contributed by atoms with van der Waals surface area (Å²) in [6.07, 6.45) is 6.11. The summed E-state index contributed by atoms with van der Waals surface area (Å²) in [4.78, 5) is 17.6. The van der Waals surface area contributed by atoms with Crippen molar-refractivity contribution in [2.45, 2.75) is 44.3 Å². The zero-order chi connectivity index (χ0) is 17.1. The van der Waals surface area contributed by atoms with E-state index in [4.69, 9.17) is 9.15 Å². The van der Waals surface area contributed by atoms with Gasteiger partial charge in [-0.1, -0.05) is 0 Å². The highest BCUT2D eigenvalue weighted by atomic mass is 16.5. The number of likely N-dealkylation sites (tertiary alicyclic amines) is 2. The number of rotatable bonds is 5. The van der Waals surface area contributed by atoms with Crippen LogP contribution in [0.15, 0.2) is 22.8 Å². The van der Waals surface area contributed by atoms with E-state index in [0.717, 1.165) is 57.9 Å². The largest absolute Gasteiger partial charge is 0.468 e. The summed E-state index contributed by atoms with van der Waals surface area (Å²) in [5.41, 5.74) is 0. The molecule has 2 atom stereocenters. The van der Waals surface area contributed by atoms with Gasteiger partial charge in [-0.3, -0.25) is 14.6 Å². The molecule has 25 heavy (non-hydrogen) atoms. The molecule has 4 rings (SSSR count). The molecule has 138 valence electrons. The van der Waals surface area contributed by atoms with Gasteiger partial charge in [-0.2, -0.15) is 0 Å². The van der Waals surface area contributed by atoms with Gasteiger partial charge in [0, 0.05) is 5.92 Å². The van der Waals surface area contributed by atoms with Crippen LogP contribution in [0.1, 0.15) is 31.4 Å². The Balaban J connectivity index is 1.24. The first kappa shape index (κ1) is 17.1. The lowest BCUT2D eigenvalue weighted by Crippen LogP contribution is -2.52. The van der Waals surface area contributed by atoms with Gasteiger partial charge in [-0.25, -0.2) is 0 Å². The van der Waals surface area contributed by atoms with Gasteiger partial charge in [0.25, 0.3) is 0 Å².